The summed E-state index contributed by atoms with van der Waals surface area (Å²) in [6, 6.07) is 23.7. The number of halogens is 1. The molecule has 0 N–H and O–H groups in total. The van der Waals surface area contributed by atoms with Gasteiger partial charge in [-0.15, -0.1) is 0 Å². The van der Waals surface area contributed by atoms with Crippen molar-refractivity contribution < 1.29 is 14.3 Å². The summed E-state index contributed by atoms with van der Waals surface area (Å²) in [5, 5.41) is 0.357. The number of thioether (sulfide) groups is 1. The number of benzene rings is 3. The molecule has 0 unspecified atom stereocenters. The number of carbonyl (C=O) groups excluding carboxylic acids is 2. The van der Waals surface area contributed by atoms with Gasteiger partial charge in [-0.05, 0) is 53.7 Å². The predicted octanol–water partition coefficient (Wildman–Crippen LogP) is 6.16. The van der Waals surface area contributed by atoms with E-state index in [-0.39, 0.29) is 11.1 Å². The molecule has 6 heteroatoms. The van der Waals surface area contributed by atoms with E-state index in [4.69, 9.17) is 16.3 Å². The summed E-state index contributed by atoms with van der Waals surface area (Å²) < 4.78 is 5.94. The highest BCUT2D eigenvalue weighted by atomic mass is 35.5. The smallest absolute Gasteiger partial charge is 0.298 e. The monoisotopic (exact) mass is 421 g/mol. The van der Waals surface area contributed by atoms with Gasteiger partial charge in [0.15, 0.2) is 0 Å². The van der Waals surface area contributed by atoms with Crippen LogP contribution in [0.25, 0.3) is 6.08 Å². The van der Waals surface area contributed by atoms with Gasteiger partial charge in [-0.2, -0.15) is 0 Å². The van der Waals surface area contributed by atoms with Crippen molar-refractivity contribution in [1.82, 2.24) is 0 Å². The first-order valence-electron chi connectivity index (χ1n) is 8.91. The predicted molar refractivity (Wildman–Crippen MR) is 117 cm³/mol. The van der Waals surface area contributed by atoms with Crippen LogP contribution in [0.1, 0.15) is 11.1 Å². The molecule has 3 aromatic rings. The van der Waals surface area contributed by atoms with Crippen molar-refractivity contribution in [2.75, 3.05) is 4.90 Å². The Morgan fingerprint density at radius 1 is 0.897 bits per heavy atom. The minimum atomic E-state index is -0.335. The molecule has 4 rings (SSSR count). The highest BCUT2D eigenvalue weighted by molar-refractivity contribution is 8.19. The molecule has 29 heavy (non-hydrogen) atoms. The molecule has 1 aliphatic rings. The normalized spacial score (nSPS) is 15.2. The fraction of sp³-hybridized carbons (Fsp3) is 0.0435. The van der Waals surface area contributed by atoms with Gasteiger partial charge in [0.05, 0.1) is 10.6 Å². The van der Waals surface area contributed by atoms with Crippen LogP contribution < -0.4 is 9.64 Å². The van der Waals surface area contributed by atoms with E-state index >= 15 is 0 Å². The van der Waals surface area contributed by atoms with E-state index < -0.39 is 0 Å². The Kier molecular flexibility index (Phi) is 5.69. The van der Waals surface area contributed by atoms with Crippen LogP contribution in [0.5, 0.6) is 5.75 Å². The lowest BCUT2D eigenvalue weighted by Gasteiger charge is -2.12. The van der Waals surface area contributed by atoms with E-state index in [9.17, 15) is 9.59 Å². The third kappa shape index (κ3) is 4.36. The van der Waals surface area contributed by atoms with Gasteiger partial charge >= 0.3 is 0 Å². The van der Waals surface area contributed by atoms with Gasteiger partial charge in [-0.25, -0.2) is 4.90 Å². The second-order valence-electron chi connectivity index (χ2n) is 6.31. The molecule has 3 aromatic carbocycles. The number of amides is 2. The Hall–Kier alpha value is -3.02. The second-order valence-corrected chi connectivity index (χ2v) is 7.74. The number of hydrogen-bond acceptors (Lipinski definition) is 4. The highest BCUT2D eigenvalue weighted by Crippen LogP contribution is 2.36. The molecule has 0 saturated carbocycles. The first-order valence-corrected chi connectivity index (χ1v) is 10.1. The Morgan fingerprint density at radius 3 is 2.34 bits per heavy atom. The Labute approximate surface area is 177 Å². The second kappa shape index (κ2) is 8.55. The van der Waals surface area contributed by atoms with Gasteiger partial charge in [-0.1, -0.05) is 60.1 Å². The molecule has 2 amide bonds. The number of imide groups is 1. The zero-order valence-corrected chi connectivity index (χ0v) is 16.8. The standard InChI is InChI=1S/C23H16ClNO3S/c24-18-12-10-16(11-13-18)15-28-20-9-5-4-6-17(20)14-21-22(26)25(23(27)29-21)19-7-2-1-3-8-19/h1-14H,15H2/b21-14-. The zero-order valence-electron chi connectivity index (χ0n) is 15.2. The number of rotatable bonds is 5. The molecule has 0 spiro atoms. The van der Waals surface area contributed by atoms with E-state index in [1.807, 2.05) is 54.6 Å². The lowest BCUT2D eigenvalue weighted by molar-refractivity contribution is -0.113. The molecule has 0 aromatic heterocycles. The third-order valence-electron chi connectivity index (χ3n) is 4.32. The molecule has 1 fully saturated rings. The van der Waals surface area contributed by atoms with Crippen molar-refractivity contribution >= 4 is 46.3 Å². The van der Waals surface area contributed by atoms with Gasteiger partial charge in [0.25, 0.3) is 11.1 Å². The van der Waals surface area contributed by atoms with Crippen molar-refractivity contribution in [2.45, 2.75) is 6.61 Å². The third-order valence-corrected chi connectivity index (χ3v) is 5.44. The van der Waals surface area contributed by atoms with Crippen LogP contribution in [0.4, 0.5) is 10.5 Å². The van der Waals surface area contributed by atoms with Gasteiger partial charge in [0.2, 0.25) is 0 Å². The van der Waals surface area contributed by atoms with Gasteiger partial charge in [0, 0.05) is 10.6 Å². The molecule has 0 aliphatic carbocycles. The molecular weight excluding hydrogens is 406 g/mol. The van der Waals surface area contributed by atoms with Crippen LogP contribution in [-0.2, 0) is 11.4 Å². The molecule has 1 aliphatic heterocycles. The van der Waals surface area contributed by atoms with Crippen LogP contribution in [0.15, 0.2) is 83.8 Å². The van der Waals surface area contributed by atoms with Crippen LogP contribution >= 0.6 is 23.4 Å². The fourth-order valence-electron chi connectivity index (χ4n) is 2.88. The summed E-state index contributed by atoms with van der Waals surface area (Å²) in [4.78, 5) is 26.8. The average molecular weight is 422 g/mol. The lowest BCUT2D eigenvalue weighted by atomic mass is 10.1. The zero-order chi connectivity index (χ0) is 20.2. The van der Waals surface area contributed by atoms with Crippen LogP contribution in [-0.4, -0.2) is 11.1 Å². The van der Waals surface area contributed by atoms with Gasteiger partial charge < -0.3 is 4.74 Å². The fourth-order valence-corrected chi connectivity index (χ4v) is 3.84. The number of nitrogens with zero attached hydrogens (tertiary/aromatic N) is 1. The first-order chi connectivity index (χ1) is 14.1. The quantitative estimate of drug-likeness (QED) is 0.463. The average Bonchev–Trinajstić information content (AvgIpc) is 3.02. The maximum Gasteiger partial charge on any atom is 0.298 e. The summed E-state index contributed by atoms with van der Waals surface area (Å²) in [5.74, 6) is 0.299. The number of hydrogen-bond donors (Lipinski definition) is 0. The van der Waals surface area contributed by atoms with E-state index in [0.717, 1.165) is 22.9 Å². The van der Waals surface area contributed by atoms with Crippen LogP contribution in [0.3, 0.4) is 0 Å². The van der Waals surface area contributed by atoms with E-state index in [1.54, 1.807) is 30.3 Å². The first kappa shape index (κ1) is 19.3. The minimum Gasteiger partial charge on any atom is -0.488 e. The van der Waals surface area contributed by atoms with E-state index in [0.29, 0.717) is 28.0 Å². The number of para-hydroxylation sites is 2. The minimum absolute atomic E-state index is 0.313. The molecule has 144 valence electrons. The van der Waals surface area contributed by atoms with E-state index in [2.05, 4.69) is 0 Å². The summed E-state index contributed by atoms with van der Waals surface area (Å²) in [7, 11) is 0. The van der Waals surface area contributed by atoms with Crippen molar-refractivity contribution in [3.8, 4) is 5.75 Å². The maximum atomic E-state index is 12.8. The SMILES string of the molecule is O=C1S/C(=C\c2ccccc2OCc2ccc(Cl)cc2)C(=O)N1c1ccccc1. The molecule has 1 heterocycles. The van der Waals surface area contributed by atoms with Gasteiger partial charge in [-0.3, -0.25) is 9.59 Å². The number of carbonyl (C=O) groups is 2. The molecule has 4 nitrogen and oxygen atoms in total. The van der Waals surface area contributed by atoms with Crippen molar-refractivity contribution in [2.24, 2.45) is 0 Å². The summed E-state index contributed by atoms with van der Waals surface area (Å²) in [6.07, 6.45) is 1.70. The number of anilines is 1. The Morgan fingerprint density at radius 2 is 1.59 bits per heavy atom. The molecule has 0 radical (unpaired) electrons. The summed E-state index contributed by atoms with van der Waals surface area (Å²) >= 11 is 6.84. The van der Waals surface area contributed by atoms with Crippen molar-refractivity contribution in [3.05, 3.63) is 99.9 Å². The number of ether oxygens (including phenoxy) is 1. The van der Waals surface area contributed by atoms with Crippen LogP contribution in [0, 0.1) is 0 Å². The lowest BCUT2D eigenvalue weighted by Crippen LogP contribution is -2.27. The van der Waals surface area contributed by atoms with Crippen molar-refractivity contribution in [1.29, 1.82) is 0 Å². The molecular formula is C23H16ClNO3S. The Bertz CT molecular complexity index is 1080. The summed E-state index contributed by atoms with van der Waals surface area (Å²) in [5.41, 5.74) is 2.28. The maximum absolute atomic E-state index is 12.8. The molecule has 1 saturated heterocycles. The van der Waals surface area contributed by atoms with E-state index in [1.165, 1.54) is 4.90 Å². The van der Waals surface area contributed by atoms with Crippen molar-refractivity contribution in [3.63, 3.8) is 0 Å². The summed E-state index contributed by atoms with van der Waals surface area (Å²) in [6.45, 7) is 0.369. The van der Waals surface area contributed by atoms with Crippen LogP contribution in [0.2, 0.25) is 5.02 Å². The molecule has 0 bridgehead atoms. The van der Waals surface area contributed by atoms with Gasteiger partial charge in [0.1, 0.15) is 12.4 Å². The Balaban J connectivity index is 1.56. The highest BCUT2D eigenvalue weighted by Gasteiger charge is 2.36. The molecule has 0 atom stereocenters. The largest absolute Gasteiger partial charge is 0.488 e. The topological polar surface area (TPSA) is 46.6 Å².